The number of nitrogens with zero attached hydrogens (tertiary/aromatic N) is 1. The lowest BCUT2D eigenvalue weighted by molar-refractivity contribution is -0.137. The molecule has 2 N–H and O–H groups in total. The number of halogens is 3. The number of rotatable bonds is 0. The second-order valence-corrected chi connectivity index (χ2v) is 3.16. The summed E-state index contributed by atoms with van der Waals surface area (Å²) in [5.41, 5.74) is 4.89. The molecule has 15 heavy (non-hydrogen) atoms. The number of anilines is 1. The number of alkyl halides is 3. The maximum absolute atomic E-state index is 12.4. The van der Waals surface area contributed by atoms with Gasteiger partial charge in [0.1, 0.15) is 0 Å². The van der Waals surface area contributed by atoms with Crippen molar-refractivity contribution in [1.29, 1.82) is 0 Å². The van der Waals surface area contributed by atoms with Crippen LogP contribution in [0, 0.1) is 0 Å². The number of fused-ring (bicyclic) bond motifs is 1. The Kier molecular flexibility index (Phi) is 2.03. The number of hydrogen-bond donors (Lipinski definition) is 1. The van der Waals surface area contributed by atoms with E-state index in [1.165, 1.54) is 12.4 Å². The van der Waals surface area contributed by atoms with Crippen molar-refractivity contribution in [1.82, 2.24) is 4.98 Å². The molecule has 0 unspecified atom stereocenters. The van der Waals surface area contributed by atoms with Crippen LogP contribution >= 0.6 is 0 Å². The molecule has 0 radical (unpaired) electrons. The zero-order chi connectivity index (χ0) is 11.1. The van der Waals surface area contributed by atoms with Crippen molar-refractivity contribution >= 4 is 16.5 Å². The third-order valence-electron chi connectivity index (χ3n) is 2.11. The number of aromatic nitrogens is 1. The number of nitrogens with two attached hydrogens (primary N) is 1. The Hall–Kier alpha value is -1.78. The van der Waals surface area contributed by atoms with Gasteiger partial charge >= 0.3 is 6.18 Å². The smallest absolute Gasteiger partial charge is 0.398 e. The number of benzene rings is 1. The second kappa shape index (κ2) is 3.12. The summed E-state index contributed by atoms with van der Waals surface area (Å²) in [6.45, 7) is 0. The van der Waals surface area contributed by atoms with Crippen molar-refractivity contribution in [2.45, 2.75) is 6.18 Å². The molecule has 0 atom stereocenters. The maximum Gasteiger partial charge on any atom is 0.416 e. The highest BCUT2D eigenvalue weighted by Crippen LogP contribution is 2.33. The van der Waals surface area contributed by atoms with Crippen molar-refractivity contribution in [3.63, 3.8) is 0 Å². The Balaban J connectivity index is 2.73. The van der Waals surface area contributed by atoms with E-state index < -0.39 is 11.7 Å². The van der Waals surface area contributed by atoms with Crippen LogP contribution in [-0.2, 0) is 6.18 Å². The molecule has 1 aromatic heterocycles. The van der Waals surface area contributed by atoms with Crippen molar-refractivity contribution in [3.8, 4) is 0 Å². The second-order valence-electron chi connectivity index (χ2n) is 3.16. The minimum atomic E-state index is -4.38. The molecule has 2 nitrogen and oxygen atoms in total. The van der Waals surface area contributed by atoms with E-state index in [0.29, 0.717) is 10.8 Å². The molecule has 0 spiro atoms. The Labute approximate surface area is 83.5 Å². The van der Waals surface area contributed by atoms with Gasteiger partial charge in [0.2, 0.25) is 0 Å². The van der Waals surface area contributed by atoms with E-state index in [4.69, 9.17) is 5.73 Å². The molecule has 0 saturated heterocycles. The van der Waals surface area contributed by atoms with Gasteiger partial charge in [-0.2, -0.15) is 13.2 Å². The summed E-state index contributed by atoms with van der Waals surface area (Å²) in [6.07, 6.45) is -1.52. The van der Waals surface area contributed by atoms with Gasteiger partial charge < -0.3 is 5.73 Å². The van der Waals surface area contributed by atoms with Crippen molar-refractivity contribution in [2.24, 2.45) is 0 Å². The first-order valence-electron chi connectivity index (χ1n) is 4.19. The number of hydrogen-bond acceptors (Lipinski definition) is 2. The van der Waals surface area contributed by atoms with Crippen molar-refractivity contribution < 1.29 is 13.2 Å². The highest BCUT2D eigenvalue weighted by atomic mass is 19.4. The van der Waals surface area contributed by atoms with Crippen LogP contribution in [0.2, 0.25) is 0 Å². The number of pyridine rings is 1. The Morgan fingerprint density at radius 1 is 1.20 bits per heavy atom. The predicted octanol–water partition coefficient (Wildman–Crippen LogP) is 2.84. The standard InChI is InChI=1S/C10H7F3N2/c11-10(12,13)7-3-6-5-15-2-1-8(6)9(14)4-7/h1-5H,14H2. The summed E-state index contributed by atoms with van der Waals surface area (Å²) >= 11 is 0. The average Bonchev–Trinajstić information content (AvgIpc) is 2.16. The van der Waals surface area contributed by atoms with Crippen LogP contribution in [0.5, 0.6) is 0 Å². The Morgan fingerprint density at radius 3 is 2.60 bits per heavy atom. The van der Waals surface area contributed by atoms with E-state index in [2.05, 4.69) is 4.98 Å². The quantitative estimate of drug-likeness (QED) is 0.682. The summed E-state index contributed by atoms with van der Waals surface area (Å²) in [6, 6.07) is 3.56. The van der Waals surface area contributed by atoms with Gasteiger partial charge in [-0.15, -0.1) is 0 Å². The monoisotopic (exact) mass is 212 g/mol. The zero-order valence-corrected chi connectivity index (χ0v) is 7.55. The molecule has 0 saturated carbocycles. The van der Waals surface area contributed by atoms with Crippen molar-refractivity contribution in [3.05, 3.63) is 36.2 Å². The first-order valence-corrected chi connectivity index (χ1v) is 4.19. The van der Waals surface area contributed by atoms with E-state index in [1.54, 1.807) is 6.07 Å². The third kappa shape index (κ3) is 1.72. The molecule has 0 bridgehead atoms. The van der Waals surface area contributed by atoms with E-state index in [-0.39, 0.29) is 5.69 Å². The minimum Gasteiger partial charge on any atom is -0.398 e. The zero-order valence-electron chi connectivity index (χ0n) is 7.55. The van der Waals surface area contributed by atoms with Gasteiger partial charge in [0.25, 0.3) is 0 Å². The molecule has 78 valence electrons. The van der Waals surface area contributed by atoms with E-state index >= 15 is 0 Å². The highest BCUT2D eigenvalue weighted by Gasteiger charge is 2.31. The van der Waals surface area contributed by atoms with Crippen LogP contribution < -0.4 is 5.73 Å². The molecule has 5 heteroatoms. The van der Waals surface area contributed by atoms with Crippen LogP contribution in [0.25, 0.3) is 10.8 Å². The highest BCUT2D eigenvalue weighted by molar-refractivity contribution is 5.92. The molecule has 0 aliphatic carbocycles. The van der Waals surface area contributed by atoms with Crippen LogP contribution in [0.4, 0.5) is 18.9 Å². The minimum absolute atomic E-state index is 0.113. The molecule has 2 aromatic rings. The normalized spacial score (nSPS) is 11.9. The van der Waals surface area contributed by atoms with Crippen molar-refractivity contribution in [2.75, 3.05) is 5.73 Å². The topological polar surface area (TPSA) is 38.9 Å². The summed E-state index contributed by atoms with van der Waals surface area (Å²) in [5, 5.41) is 0.975. The largest absolute Gasteiger partial charge is 0.416 e. The fourth-order valence-corrected chi connectivity index (χ4v) is 1.40. The number of nitrogen functional groups attached to an aromatic ring is 1. The van der Waals surface area contributed by atoms with Crippen LogP contribution in [0.1, 0.15) is 5.56 Å². The molecule has 0 fully saturated rings. The lowest BCUT2D eigenvalue weighted by Crippen LogP contribution is -2.05. The molecule has 0 amide bonds. The summed E-state index contributed by atoms with van der Waals surface area (Å²) in [7, 11) is 0. The SMILES string of the molecule is Nc1cc(C(F)(F)F)cc2cnccc12. The summed E-state index contributed by atoms with van der Waals surface area (Å²) in [4.78, 5) is 3.75. The summed E-state index contributed by atoms with van der Waals surface area (Å²) in [5.74, 6) is 0. The van der Waals surface area contributed by atoms with E-state index in [1.807, 2.05) is 0 Å². The van der Waals surface area contributed by atoms with Gasteiger partial charge in [-0.05, 0) is 18.2 Å². The first kappa shape index (κ1) is 9.76. The fourth-order valence-electron chi connectivity index (χ4n) is 1.40. The van der Waals surface area contributed by atoms with E-state index in [9.17, 15) is 13.2 Å². The third-order valence-corrected chi connectivity index (χ3v) is 2.11. The molecular weight excluding hydrogens is 205 g/mol. The lowest BCUT2D eigenvalue weighted by Gasteiger charge is -2.09. The van der Waals surface area contributed by atoms with Gasteiger partial charge in [0, 0.05) is 28.9 Å². The van der Waals surface area contributed by atoms with E-state index in [0.717, 1.165) is 12.1 Å². The molecule has 2 rings (SSSR count). The van der Waals surface area contributed by atoms with Gasteiger partial charge in [0.15, 0.2) is 0 Å². The first-order chi connectivity index (χ1) is 6.98. The lowest BCUT2D eigenvalue weighted by atomic mass is 10.1. The Morgan fingerprint density at radius 2 is 1.93 bits per heavy atom. The van der Waals surface area contributed by atoms with Crippen LogP contribution in [0.15, 0.2) is 30.6 Å². The van der Waals surface area contributed by atoms with Crippen LogP contribution in [0.3, 0.4) is 0 Å². The fraction of sp³-hybridized carbons (Fsp3) is 0.100. The van der Waals surface area contributed by atoms with Gasteiger partial charge in [-0.1, -0.05) is 0 Å². The summed E-state index contributed by atoms with van der Waals surface area (Å²) < 4.78 is 37.3. The van der Waals surface area contributed by atoms with Crippen LogP contribution in [-0.4, -0.2) is 4.98 Å². The van der Waals surface area contributed by atoms with Gasteiger partial charge in [-0.3, -0.25) is 4.98 Å². The molecule has 1 heterocycles. The predicted molar refractivity (Wildman–Crippen MR) is 51.2 cm³/mol. The Bertz CT molecular complexity index is 505. The molecule has 1 aromatic carbocycles. The van der Waals surface area contributed by atoms with Gasteiger partial charge in [0.05, 0.1) is 5.56 Å². The molecule has 0 aliphatic rings. The molecule has 0 aliphatic heterocycles. The average molecular weight is 212 g/mol. The molecular formula is C10H7F3N2. The van der Waals surface area contributed by atoms with Gasteiger partial charge in [-0.25, -0.2) is 0 Å². The maximum atomic E-state index is 12.4.